The predicted molar refractivity (Wildman–Crippen MR) is 71.0 cm³/mol. The second-order valence-corrected chi connectivity index (χ2v) is 4.80. The molecule has 0 aromatic heterocycles. The zero-order chi connectivity index (χ0) is 12.3. The summed E-state index contributed by atoms with van der Waals surface area (Å²) in [4.78, 5) is 12.0. The van der Waals surface area contributed by atoms with Crippen molar-refractivity contribution in [3.8, 4) is 5.75 Å². The van der Waals surface area contributed by atoms with Gasteiger partial charge >= 0.3 is 0 Å². The number of benzene rings is 1. The number of rotatable bonds is 4. The van der Waals surface area contributed by atoms with Crippen molar-refractivity contribution in [2.24, 2.45) is 0 Å². The van der Waals surface area contributed by atoms with Crippen LogP contribution in [0.1, 0.15) is 29.3 Å². The van der Waals surface area contributed by atoms with Gasteiger partial charge in [-0.05, 0) is 30.2 Å². The molecular formula is C13H16BrNO2. The van der Waals surface area contributed by atoms with E-state index in [4.69, 9.17) is 4.74 Å². The summed E-state index contributed by atoms with van der Waals surface area (Å²) in [6, 6.07) is 5.82. The number of hydrogen-bond donors (Lipinski definition) is 1. The molecule has 0 saturated carbocycles. The maximum absolute atomic E-state index is 12.0. The Morgan fingerprint density at radius 2 is 2.41 bits per heavy atom. The van der Waals surface area contributed by atoms with E-state index in [0.717, 1.165) is 36.1 Å². The molecule has 0 fully saturated rings. The van der Waals surface area contributed by atoms with Crippen molar-refractivity contribution < 1.29 is 9.53 Å². The Hall–Kier alpha value is -1.03. The highest BCUT2D eigenvalue weighted by Gasteiger charge is 2.16. The predicted octanol–water partition coefficient (Wildman–Crippen LogP) is 2.52. The monoisotopic (exact) mass is 297 g/mol. The third-order valence-electron chi connectivity index (χ3n) is 2.97. The van der Waals surface area contributed by atoms with E-state index < -0.39 is 0 Å². The lowest BCUT2D eigenvalue weighted by molar-refractivity contribution is 0.0940. The minimum absolute atomic E-state index is 0.00833. The average molecular weight is 298 g/mol. The maximum atomic E-state index is 12.0. The molecule has 4 heteroatoms. The van der Waals surface area contributed by atoms with E-state index >= 15 is 0 Å². The topological polar surface area (TPSA) is 38.3 Å². The molecule has 1 aliphatic rings. The number of ether oxygens (including phenoxy) is 1. The number of hydrogen-bond acceptors (Lipinski definition) is 2. The van der Waals surface area contributed by atoms with Gasteiger partial charge in [0, 0.05) is 23.4 Å². The van der Waals surface area contributed by atoms with Crippen molar-refractivity contribution in [3.63, 3.8) is 0 Å². The summed E-state index contributed by atoms with van der Waals surface area (Å²) < 4.78 is 5.42. The Morgan fingerprint density at radius 3 is 3.12 bits per heavy atom. The standard InChI is InChI=1S/C13H16BrNO2/c1-2-11(8-14)15-13(16)10-3-4-12-9(7-10)5-6-17-12/h3-4,7,11H,2,5-6,8H2,1H3,(H,15,16). The number of carbonyl (C=O) groups excluding carboxylic acids is 1. The summed E-state index contributed by atoms with van der Waals surface area (Å²) in [6.07, 6.45) is 1.82. The summed E-state index contributed by atoms with van der Waals surface area (Å²) in [5, 5.41) is 3.78. The molecule has 0 aliphatic carbocycles. The van der Waals surface area contributed by atoms with Crippen LogP contribution >= 0.6 is 15.9 Å². The Kier molecular flexibility index (Phi) is 4.05. The van der Waals surface area contributed by atoms with Crippen molar-refractivity contribution in [1.29, 1.82) is 0 Å². The molecule has 1 aliphatic heterocycles. The number of halogens is 1. The lowest BCUT2D eigenvalue weighted by Crippen LogP contribution is -2.35. The van der Waals surface area contributed by atoms with Crippen LogP contribution < -0.4 is 10.1 Å². The first-order valence-electron chi connectivity index (χ1n) is 5.87. The third-order valence-corrected chi connectivity index (χ3v) is 3.75. The van der Waals surface area contributed by atoms with Gasteiger partial charge in [-0.15, -0.1) is 0 Å². The lowest BCUT2D eigenvalue weighted by Gasteiger charge is -2.14. The first-order chi connectivity index (χ1) is 8.24. The molecule has 0 radical (unpaired) electrons. The Labute approximate surface area is 110 Å². The second-order valence-electron chi connectivity index (χ2n) is 4.15. The molecule has 2 rings (SSSR count). The van der Waals surface area contributed by atoms with Gasteiger partial charge in [0.15, 0.2) is 0 Å². The third kappa shape index (κ3) is 2.80. The van der Waals surface area contributed by atoms with E-state index in [0.29, 0.717) is 5.56 Å². The van der Waals surface area contributed by atoms with Gasteiger partial charge in [-0.1, -0.05) is 22.9 Å². The molecule has 3 nitrogen and oxygen atoms in total. The number of fused-ring (bicyclic) bond motifs is 1. The summed E-state index contributed by atoms with van der Waals surface area (Å²) >= 11 is 3.39. The molecule has 1 aromatic carbocycles. The summed E-state index contributed by atoms with van der Waals surface area (Å²) in [5.41, 5.74) is 1.85. The molecule has 0 saturated heterocycles. The highest BCUT2D eigenvalue weighted by molar-refractivity contribution is 9.09. The normalized spacial score (nSPS) is 14.9. The Morgan fingerprint density at radius 1 is 1.59 bits per heavy atom. The van der Waals surface area contributed by atoms with E-state index in [1.54, 1.807) is 0 Å². The zero-order valence-electron chi connectivity index (χ0n) is 9.83. The average Bonchev–Trinajstić information content (AvgIpc) is 2.82. The van der Waals surface area contributed by atoms with Gasteiger partial charge in [0.05, 0.1) is 6.61 Å². The van der Waals surface area contributed by atoms with Gasteiger partial charge in [0.2, 0.25) is 0 Å². The lowest BCUT2D eigenvalue weighted by atomic mass is 10.1. The van der Waals surface area contributed by atoms with Crippen LogP contribution in [0.4, 0.5) is 0 Å². The minimum Gasteiger partial charge on any atom is -0.493 e. The molecule has 17 heavy (non-hydrogen) atoms. The van der Waals surface area contributed by atoms with E-state index in [2.05, 4.69) is 28.2 Å². The number of carbonyl (C=O) groups is 1. The van der Waals surface area contributed by atoms with Gasteiger partial charge in [0.1, 0.15) is 5.75 Å². The minimum atomic E-state index is -0.00833. The summed E-state index contributed by atoms with van der Waals surface area (Å²) in [5.74, 6) is 0.903. The fraction of sp³-hybridized carbons (Fsp3) is 0.462. The van der Waals surface area contributed by atoms with Crippen molar-refractivity contribution in [3.05, 3.63) is 29.3 Å². The first kappa shape index (κ1) is 12.4. The quantitative estimate of drug-likeness (QED) is 0.868. The molecule has 0 bridgehead atoms. The molecule has 0 spiro atoms. The fourth-order valence-electron chi connectivity index (χ4n) is 1.85. The van der Waals surface area contributed by atoms with Crippen LogP contribution in [0.25, 0.3) is 0 Å². The molecule has 1 unspecified atom stereocenters. The summed E-state index contributed by atoms with van der Waals surface area (Å²) in [6.45, 7) is 2.78. The molecule has 1 atom stereocenters. The van der Waals surface area contributed by atoms with Crippen molar-refractivity contribution in [1.82, 2.24) is 5.32 Å². The number of amides is 1. The highest BCUT2D eigenvalue weighted by atomic mass is 79.9. The van der Waals surface area contributed by atoms with Crippen LogP contribution in [0.5, 0.6) is 5.75 Å². The van der Waals surface area contributed by atoms with Crippen molar-refractivity contribution >= 4 is 21.8 Å². The van der Waals surface area contributed by atoms with Crippen LogP contribution in [0.3, 0.4) is 0 Å². The number of nitrogens with one attached hydrogen (secondary N) is 1. The van der Waals surface area contributed by atoms with Crippen LogP contribution in [0, 0.1) is 0 Å². The van der Waals surface area contributed by atoms with Gasteiger partial charge in [-0.3, -0.25) is 4.79 Å². The van der Waals surface area contributed by atoms with Crippen molar-refractivity contribution in [2.75, 3.05) is 11.9 Å². The fourth-order valence-corrected chi connectivity index (χ4v) is 2.47. The number of alkyl halides is 1. The van der Waals surface area contributed by atoms with E-state index in [1.165, 1.54) is 0 Å². The summed E-state index contributed by atoms with van der Waals surface area (Å²) in [7, 11) is 0. The van der Waals surface area contributed by atoms with Gasteiger partial charge in [-0.25, -0.2) is 0 Å². The van der Waals surface area contributed by atoms with E-state index in [1.807, 2.05) is 18.2 Å². The van der Waals surface area contributed by atoms with Gasteiger partial charge in [0.25, 0.3) is 5.91 Å². The molecular weight excluding hydrogens is 282 g/mol. The Bertz CT molecular complexity index is 416. The van der Waals surface area contributed by atoms with Crippen LogP contribution in [-0.4, -0.2) is 23.9 Å². The Balaban J connectivity index is 2.09. The second kappa shape index (κ2) is 5.54. The van der Waals surface area contributed by atoms with Gasteiger partial charge < -0.3 is 10.1 Å². The molecule has 1 N–H and O–H groups in total. The first-order valence-corrected chi connectivity index (χ1v) is 6.99. The molecule has 1 amide bonds. The molecule has 1 heterocycles. The largest absolute Gasteiger partial charge is 0.493 e. The van der Waals surface area contributed by atoms with Crippen molar-refractivity contribution in [2.45, 2.75) is 25.8 Å². The van der Waals surface area contributed by atoms with Crippen LogP contribution in [-0.2, 0) is 6.42 Å². The SMILES string of the molecule is CCC(CBr)NC(=O)c1ccc2c(c1)CCO2. The van der Waals surface area contributed by atoms with E-state index in [-0.39, 0.29) is 11.9 Å². The molecule has 92 valence electrons. The zero-order valence-corrected chi connectivity index (χ0v) is 11.4. The van der Waals surface area contributed by atoms with Crippen LogP contribution in [0.2, 0.25) is 0 Å². The van der Waals surface area contributed by atoms with Gasteiger partial charge in [-0.2, -0.15) is 0 Å². The highest BCUT2D eigenvalue weighted by Crippen LogP contribution is 2.25. The smallest absolute Gasteiger partial charge is 0.251 e. The van der Waals surface area contributed by atoms with E-state index in [9.17, 15) is 4.79 Å². The molecule has 1 aromatic rings. The maximum Gasteiger partial charge on any atom is 0.251 e. The van der Waals surface area contributed by atoms with Crippen LogP contribution in [0.15, 0.2) is 18.2 Å².